The Morgan fingerprint density at radius 1 is 1.17 bits per heavy atom. The smallest absolute Gasteiger partial charge is 0.475 e. The zero-order valence-corrected chi connectivity index (χ0v) is 19.2. The number of imidazole rings is 1. The third-order valence-electron chi connectivity index (χ3n) is 3.56. The molecule has 0 saturated carbocycles. The number of hydrogen-bond acceptors (Lipinski definition) is 7. The first-order chi connectivity index (χ1) is 16.5. The summed E-state index contributed by atoms with van der Waals surface area (Å²) in [5.74, 6) is -5.41. The molecule has 1 amide bonds. The van der Waals surface area contributed by atoms with Crippen molar-refractivity contribution < 1.29 is 50.9 Å². The van der Waals surface area contributed by atoms with Crippen LogP contribution in [-0.2, 0) is 20.8 Å². The summed E-state index contributed by atoms with van der Waals surface area (Å²) in [6.07, 6.45) is -2.95. The molecule has 0 radical (unpaired) electrons. The van der Waals surface area contributed by atoms with Crippen LogP contribution in [0.2, 0.25) is 0 Å². The van der Waals surface area contributed by atoms with E-state index in [-0.39, 0.29) is 17.8 Å². The number of amides is 1. The fraction of sp³-hybridized carbons (Fsp3) is 0.444. The predicted molar refractivity (Wildman–Crippen MR) is 114 cm³/mol. The molecule has 6 N–H and O–H groups in total. The zero-order chi connectivity index (χ0) is 27.9. The van der Waals surface area contributed by atoms with E-state index in [1.165, 1.54) is 0 Å². The van der Waals surface area contributed by atoms with E-state index in [0.29, 0.717) is 13.0 Å². The van der Waals surface area contributed by atoms with Crippen LogP contribution in [0, 0.1) is 0 Å². The Morgan fingerprint density at radius 2 is 1.72 bits per heavy atom. The van der Waals surface area contributed by atoms with Crippen molar-refractivity contribution in [3.63, 3.8) is 0 Å². The lowest BCUT2D eigenvalue weighted by atomic mass is 10.1. The molecule has 0 saturated heterocycles. The minimum Gasteiger partial charge on any atom is -0.475 e. The number of aryl methyl sites for hydroxylation is 1. The average Bonchev–Trinajstić information content (AvgIpc) is 3.45. The van der Waals surface area contributed by atoms with Crippen LogP contribution in [0.25, 0.3) is 0 Å². The highest BCUT2D eigenvalue weighted by atomic mass is 32.1. The normalized spacial score (nSPS) is 12.4. The summed E-state index contributed by atoms with van der Waals surface area (Å²) >= 11 is 1.55. The quantitative estimate of drug-likeness (QED) is 0.151. The number of H-pyrrole nitrogens is 1. The first kappa shape index (κ1) is 32.3. The van der Waals surface area contributed by atoms with E-state index in [4.69, 9.17) is 25.5 Å². The summed E-state index contributed by atoms with van der Waals surface area (Å²) in [5, 5.41) is 19.7. The van der Waals surface area contributed by atoms with E-state index in [1.54, 1.807) is 30.1 Å². The van der Waals surface area contributed by atoms with Gasteiger partial charge in [-0.2, -0.15) is 26.3 Å². The van der Waals surface area contributed by atoms with Crippen LogP contribution in [0.5, 0.6) is 0 Å². The Balaban J connectivity index is 0.000000720. The van der Waals surface area contributed by atoms with Gasteiger partial charge in [0.1, 0.15) is 0 Å². The molecule has 0 spiro atoms. The van der Waals surface area contributed by atoms with Crippen LogP contribution < -0.4 is 11.1 Å². The third-order valence-corrected chi connectivity index (χ3v) is 4.57. The summed E-state index contributed by atoms with van der Waals surface area (Å²) in [5.41, 5.74) is 6.78. The van der Waals surface area contributed by atoms with E-state index < -0.39 is 24.3 Å². The zero-order valence-electron chi connectivity index (χ0n) is 18.4. The van der Waals surface area contributed by atoms with Gasteiger partial charge in [0, 0.05) is 42.4 Å². The molecular weight excluding hydrogens is 526 g/mol. The molecule has 2 rings (SSSR count). The molecule has 1 atom stereocenters. The van der Waals surface area contributed by atoms with Crippen molar-refractivity contribution in [2.75, 3.05) is 6.54 Å². The maximum absolute atomic E-state index is 11.9. The molecule has 2 aromatic heterocycles. The van der Waals surface area contributed by atoms with Crippen LogP contribution in [0.4, 0.5) is 26.3 Å². The molecule has 0 bridgehead atoms. The molecule has 11 nitrogen and oxygen atoms in total. The fourth-order valence-corrected chi connectivity index (χ4v) is 2.67. The van der Waals surface area contributed by atoms with Crippen LogP contribution >= 0.6 is 11.3 Å². The number of carbonyl (C=O) groups excluding carboxylic acids is 1. The number of guanidine groups is 1. The van der Waals surface area contributed by atoms with Crippen molar-refractivity contribution in [2.24, 2.45) is 10.7 Å². The SMILES string of the molecule is CC(CC(=O)NC(N)=NCCCc1cnc[nH]1)c1nccs1.O=C(O)C(F)(F)F.O=C(O)C(F)(F)F. The van der Waals surface area contributed by atoms with Gasteiger partial charge in [-0.3, -0.25) is 15.1 Å². The Bertz CT molecular complexity index is 940. The molecule has 1 unspecified atom stereocenters. The van der Waals surface area contributed by atoms with Gasteiger partial charge in [0.25, 0.3) is 0 Å². The second-order valence-electron chi connectivity index (χ2n) is 6.58. The van der Waals surface area contributed by atoms with Gasteiger partial charge in [-0.15, -0.1) is 11.3 Å². The summed E-state index contributed by atoms with van der Waals surface area (Å²) in [7, 11) is 0. The Kier molecular flexibility index (Phi) is 13.8. The van der Waals surface area contributed by atoms with Crippen LogP contribution in [0.3, 0.4) is 0 Å². The van der Waals surface area contributed by atoms with E-state index >= 15 is 0 Å². The lowest BCUT2D eigenvalue weighted by Gasteiger charge is -2.08. The number of carboxylic acids is 2. The number of aliphatic imine (C=N–C) groups is 1. The number of halogens is 6. The maximum Gasteiger partial charge on any atom is 0.490 e. The lowest BCUT2D eigenvalue weighted by Crippen LogP contribution is -2.37. The Morgan fingerprint density at radius 3 is 2.14 bits per heavy atom. The maximum atomic E-state index is 11.9. The standard InChI is InChI=1S/C14H20N6OS.2C2HF3O2/c1-10(13-17-5-6-22-13)7-12(21)20-14(15)18-4-2-3-11-8-16-9-19-11;2*3-2(4,5)1(6)7/h5-6,8-10H,2-4,7H2,1H3,(H,16,19)(H3,15,18,20,21);2*(H,6,7). The van der Waals surface area contributed by atoms with E-state index in [2.05, 4.69) is 25.3 Å². The molecule has 2 heterocycles. The number of aromatic amines is 1. The molecule has 0 aromatic carbocycles. The second-order valence-corrected chi connectivity index (χ2v) is 7.50. The fourth-order valence-electron chi connectivity index (χ4n) is 1.97. The molecule has 18 heteroatoms. The number of thiazole rings is 1. The minimum atomic E-state index is -5.08. The number of carbonyl (C=O) groups is 3. The highest BCUT2D eigenvalue weighted by molar-refractivity contribution is 7.09. The van der Waals surface area contributed by atoms with E-state index in [9.17, 15) is 31.1 Å². The predicted octanol–water partition coefficient (Wildman–Crippen LogP) is 2.69. The number of nitrogens with one attached hydrogen (secondary N) is 2. The molecule has 0 aliphatic heterocycles. The summed E-state index contributed by atoms with van der Waals surface area (Å²) < 4.78 is 63.5. The lowest BCUT2D eigenvalue weighted by molar-refractivity contribution is -0.193. The minimum absolute atomic E-state index is 0.0770. The summed E-state index contributed by atoms with van der Waals surface area (Å²) in [6.45, 7) is 2.53. The molecule has 0 fully saturated rings. The van der Waals surface area contributed by atoms with E-state index in [0.717, 1.165) is 23.5 Å². The van der Waals surface area contributed by atoms with Gasteiger partial charge >= 0.3 is 24.3 Å². The van der Waals surface area contributed by atoms with Gasteiger partial charge in [-0.25, -0.2) is 19.6 Å². The van der Waals surface area contributed by atoms with Crippen LogP contribution in [-0.4, -0.2) is 67.9 Å². The number of carboxylic acid groups (broad SMARTS) is 2. The first-order valence-corrected chi connectivity index (χ1v) is 10.5. The molecule has 36 heavy (non-hydrogen) atoms. The number of nitrogens with zero attached hydrogens (tertiary/aromatic N) is 3. The van der Waals surface area contributed by atoms with E-state index in [1.807, 2.05) is 12.3 Å². The third kappa shape index (κ3) is 15.3. The average molecular weight is 548 g/mol. The number of aliphatic carboxylic acids is 2. The molecule has 0 aliphatic carbocycles. The Labute approximate surface area is 203 Å². The number of aromatic nitrogens is 3. The van der Waals surface area contributed by atoms with Gasteiger partial charge in [-0.1, -0.05) is 6.92 Å². The van der Waals surface area contributed by atoms with Gasteiger partial charge in [-0.05, 0) is 12.8 Å². The highest BCUT2D eigenvalue weighted by Gasteiger charge is 2.38. The number of alkyl halides is 6. The number of hydrogen-bond donors (Lipinski definition) is 5. The summed E-state index contributed by atoms with van der Waals surface area (Å²) in [4.78, 5) is 45.0. The monoisotopic (exact) mass is 548 g/mol. The largest absolute Gasteiger partial charge is 0.490 e. The molecule has 202 valence electrons. The van der Waals surface area contributed by atoms with Crippen LogP contribution in [0.15, 0.2) is 29.1 Å². The van der Waals surface area contributed by atoms with Crippen LogP contribution in [0.1, 0.15) is 36.4 Å². The van der Waals surface area contributed by atoms with Crippen molar-refractivity contribution in [1.82, 2.24) is 20.3 Å². The van der Waals surface area contributed by atoms with Crippen molar-refractivity contribution in [3.05, 3.63) is 34.8 Å². The topological polar surface area (TPSA) is 184 Å². The second kappa shape index (κ2) is 15.3. The number of nitrogens with two attached hydrogens (primary N) is 1. The Hall–Kier alpha value is -3.70. The first-order valence-electron chi connectivity index (χ1n) is 9.60. The molecule has 2 aromatic rings. The van der Waals surface area contributed by atoms with Crippen molar-refractivity contribution in [2.45, 2.75) is 44.5 Å². The van der Waals surface area contributed by atoms with Gasteiger partial charge < -0.3 is 20.9 Å². The van der Waals surface area contributed by atoms with Gasteiger partial charge in [0.15, 0.2) is 5.96 Å². The summed E-state index contributed by atoms with van der Waals surface area (Å²) in [6, 6.07) is 0. The van der Waals surface area contributed by atoms with Gasteiger partial charge in [0.05, 0.1) is 11.3 Å². The highest BCUT2D eigenvalue weighted by Crippen LogP contribution is 2.20. The molecule has 0 aliphatic rings. The number of rotatable bonds is 7. The van der Waals surface area contributed by atoms with Crippen molar-refractivity contribution in [1.29, 1.82) is 0 Å². The van der Waals surface area contributed by atoms with Gasteiger partial charge in [0.2, 0.25) is 5.91 Å². The molecular formula is C18H22F6N6O5S. The van der Waals surface area contributed by atoms with Crippen molar-refractivity contribution in [3.8, 4) is 0 Å². The van der Waals surface area contributed by atoms with Crippen molar-refractivity contribution >= 4 is 35.1 Å².